The Morgan fingerprint density at radius 1 is 1.00 bits per heavy atom. The van der Waals surface area contributed by atoms with Gasteiger partial charge >= 0.3 is 0 Å². The zero-order valence-electron chi connectivity index (χ0n) is 19.4. The fourth-order valence-corrected chi connectivity index (χ4v) is 4.49. The molecule has 1 aliphatic heterocycles. The van der Waals surface area contributed by atoms with Crippen molar-refractivity contribution in [1.29, 1.82) is 0 Å². The van der Waals surface area contributed by atoms with E-state index in [9.17, 15) is 14.4 Å². The quantitative estimate of drug-likeness (QED) is 0.347. The number of imide groups is 1. The Hall–Kier alpha value is -3.75. The number of anilines is 1. The van der Waals surface area contributed by atoms with Crippen molar-refractivity contribution < 1.29 is 23.9 Å². The summed E-state index contributed by atoms with van der Waals surface area (Å²) < 4.78 is 11.7. The van der Waals surface area contributed by atoms with Crippen LogP contribution in [-0.2, 0) is 16.2 Å². The van der Waals surface area contributed by atoms with Gasteiger partial charge in [0.1, 0.15) is 13.2 Å². The van der Waals surface area contributed by atoms with E-state index in [0.29, 0.717) is 41.0 Å². The average molecular weight is 523 g/mol. The molecule has 0 spiro atoms. The first-order valence-electron chi connectivity index (χ1n) is 11.2. The molecule has 0 aromatic heterocycles. The van der Waals surface area contributed by atoms with E-state index in [1.165, 1.54) is 0 Å². The minimum atomic E-state index is -0.521. The van der Waals surface area contributed by atoms with Crippen LogP contribution in [0.2, 0.25) is 5.02 Å². The molecular weight excluding hydrogens is 500 g/mol. The first-order chi connectivity index (χ1) is 17.4. The minimum absolute atomic E-state index is 0.225. The van der Waals surface area contributed by atoms with Gasteiger partial charge in [0.25, 0.3) is 11.1 Å². The van der Waals surface area contributed by atoms with Crippen molar-refractivity contribution in [2.24, 2.45) is 0 Å². The number of hydrogen-bond donors (Lipinski definition) is 1. The van der Waals surface area contributed by atoms with Gasteiger partial charge in [-0.15, -0.1) is 0 Å². The average Bonchev–Trinajstić information content (AvgIpc) is 3.11. The number of nitrogens with one attached hydrogen (secondary N) is 1. The molecule has 0 saturated carbocycles. The number of amides is 3. The lowest BCUT2D eigenvalue weighted by Crippen LogP contribution is -2.36. The minimum Gasteiger partial charge on any atom is -0.490 e. The Morgan fingerprint density at radius 2 is 1.81 bits per heavy atom. The van der Waals surface area contributed by atoms with Crippen molar-refractivity contribution in [3.05, 3.63) is 93.9 Å². The predicted molar refractivity (Wildman–Crippen MR) is 141 cm³/mol. The molecule has 0 bridgehead atoms. The number of carbonyl (C=O) groups is 3. The Balaban J connectivity index is 1.45. The molecule has 36 heavy (non-hydrogen) atoms. The Labute approximate surface area is 218 Å². The van der Waals surface area contributed by atoms with Gasteiger partial charge in [-0.05, 0) is 72.3 Å². The Morgan fingerprint density at radius 3 is 2.56 bits per heavy atom. The van der Waals surface area contributed by atoms with Crippen LogP contribution in [0.25, 0.3) is 6.08 Å². The van der Waals surface area contributed by atoms with E-state index in [0.717, 1.165) is 22.2 Å². The zero-order valence-corrected chi connectivity index (χ0v) is 21.0. The monoisotopic (exact) mass is 522 g/mol. The van der Waals surface area contributed by atoms with Crippen LogP contribution in [0.3, 0.4) is 0 Å². The normalized spacial score (nSPS) is 14.3. The van der Waals surface area contributed by atoms with Gasteiger partial charge in [-0.25, -0.2) is 0 Å². The number of rotatable bonds is 9. The van der Waals surface area contributed by atoms with Crippen LogP contribution in [0.4, 0.5) is 10.5 Å². The van der Waals surface area contributed by atoms with Crippen molar-refractivity contribution in [1.82, 2.24) is 4.90 Å². The van der Waals surface area contributed by atoms with Gasteiger partial charge in [0.05, 0.1) is 11.5 Å². The molecule has 3 amide bonds. The molecule has 1 fully saturated rings. The number of carbonyl (C=O) groups excluding carboxylic acids is 3. The number of nitrogens with zero attached hydrogens (tertiary/aromatic N) is 1. The van der Waals surface area contributed by atoms with Crippen LogP contribution >= 0.6 is 23.4 Å². The molecule has 1 saturated heterocycles. The molecule has 184 valence electrons. The second-order valence-electron chi connectivity index (χ2n) is 7.74. The summed E-state index contributed by atoms with van der Waals surface area (Å²) in [6, 6.07) is 21.5. The Kier molecular flexibility index (Phi) is 8.30. The largest absolute Gasteiger partial charge is 0.490 e. The summed E-state index contributed by atoms with van der Waals surface area (Å²) in [5, 5.41) is 2.81. The lowest BCUT2D eigenvalue weighted by Gasteiger charge is -2.13. The molecule has 1 N–H and O–H groups in total. The van der Waals surface area contributed by atoms with E-state index >= 15 is 0 Å². The predicted octanol–water partition coefficient (Wildman–Crippen LogP) is 5.99. The van der Waals surface area contributed by atoms with Crippen LogP contribution < -0.4 is 14.8 Å². The van der Waals surface area contributed by atoms with Gasteiger partial charge in [-0.1, -0.05) is 48.0 Å². The summed E-state index contributed by atoms with van der Waals surface area (Å²) in [4.78, 5) is 38.8. The first kappa shape index (κ1) is 25.3. The molecule has 3 aromatic rings. The molecule has 0 radical (unpaired) electrons. The van der Waals surface area contributed by atoms with Crippen LogP contribution in [0, 0.1) is 0 Å². The number of ether oxygens (including phenoxy) is 2. The second kappa shape index (κ2) is 11.8. The number of para-hydroxylation sites is 1. The van der Waals surface area contributed by atoms with Gasteiger partial charge in [-0.3, -0.25) is 19.3 Å². The van der Waals surface area contributed by atoms with Crippen molar-refractivity contribution in [2.75, 3.05) is 18.5 Å². The fraction of sp³-hybridized carbons (Fsp3) is 0.148. The number of thioether (sulfide) groups is 1. The maximum absolute atomic E-state index is 12.8. The highest BCUT2D eigenvalue weighted by Crippen LogP contribution is 2.35. The summed E-state index contributed by atoms with van der Waals surface area (Å²) in [6.07, 6.45) is 1.60. The highest BCUT2D eigenvalue weighted by molar-refractivity contribution is 8.18. The van der Waals surface area contributed by atoms with Gasteiger partial charge in [0, 0.05) is 10.7 Å². The molecule has 0 aliphatic carbocycles. The van der Waals surface area contributed by atoms with E-state index in [4.69, 9.17) is 21.1 Å². The number of benzene rings is 3. The maximum atomic E-state index is 12.8. The first-order valence-corrected chi connectivity index (χ1v) is 12.4. The zero-order chi connectivity index (χ0) is 25.5. The van der Waals surface area contributed by atoms with Gasteiger partial charge < -0.3 is 14.8 Å². The number of hydrogen-bond acceptors (Lipinski definition) is 6. The summed E-state index contributed by atoms with van der Waals surface area (Å²) in [7, 11) is 0. The van der Waals surface area contributed by atoms with E-state index in [2.05, 4.69) is 5.32 Å². The number of halogens is 1. The molecule has 7 nitrogen and oxygen atoms in total. The van der Waals surface area contributed by atoms with Crippen molar-refractivity contribution >= 4 is 52.2 Å². The third-order valence-electron chi connectivity index (χ3n) is 5.08. The molecular formula is C27H23ClN2O5S. The summed E-state index contributed by atoms with van der Waals surface area (Å²) in [6.45, 7) is 2.23. The van der Waals surface area contributed by atoms with Gasteiger partial charge in [0.15, 0.2) is 11.5 Å². The second-order valence-corrected chi connectivity index (χ2v) is 9.17. The van der Waals surface area contributed by atoms with Gasteiger partial charge in [-0.2, -0.15) is 0 Å². The standard InChI is InChI=1S/C27H23ClN2O5S/c1-2-34-23-14-18(11-12-22(23)35-17-19-7-6-8-20(28)13-19)15-24-26(32)30(27(33)36-24)16-25(31)29-21-9-4-3-5-10-21/h3-15H,2,16-17H2,1H3,(H,29,31)/b24-15-. The molecule has 1 aliphatic rings. The third-order valence-corrected chi connectivity index (χ3v) is 6.22. The highest BCUT2D eigenvalue weighted by atomic mass is 35.5. The van der Waals surface area contributed by atoms with Gasteiger partial charge in [0.2, 0.25) is 5.91 Å². The molecule has 0 unspecified atom stereocenters. The summed E-state index contributed by atoms with van der Waals surface area (Å²) in [5.74, 6) is 0.0754. The molecule has 1 heterocycles. The smallest absolute Gasteiger partial charge is 0.294 e. The molecule has 0 atom stereocenters. The lowest BCUT2D eigenvalue weighted by molar-refractivity contribution is -0.127. The molecule has 4 rings (SSSR count). The van der Waals surface area contributed by atoms with E-state index in [1.54, 1.807) is 54.6 Å². The van der Waals surface area contributed by atoms with Crippen LogP contribution in [0.1, 0.15) is 18.1 Å². The van der Waals surface area contributed by atoms with E-state index in [1.807, 2.05) is 31.2 Å². The Bertz CT molecular complexity index is 1310. The third kappa shape index (κ3) is 6.47. The summed E-state index contributed by atoms with van der Waals surface area (Å²) in [5.41, 5.74) is 2.16. The van der Waals surface area contributed by atoms with E-state index < -0.39 is 17.1 Å². The fourth-order valence-electron chi connectivity index (χ4n) is 3.44. The van der Waals surface area contributed by atoms with Crippen molar-refractivity contribution in [2.45, 2.75) is 13.5 Å². The SMILES string of the molecule is CCOc1cc(/C=C2\SC(=O)N(CC(=O)Nc3ccccc3)C2=O)ccc1OCc1cccc(Cl)c1. The van der Waals surface area contributed by atoms with Crippen molar-refractivity contribution in [3.63, 3.8) is 0 Å². The maximum Gasteiger partial charge on any atom is 0.294 e. The topological polar surface area (TPSA) is 84.9 Å². The lowest BCUT2D eigenvalue weighted by atomic mass is 10.1. The van der Waals surface area contributed by atoms with E-state index in [-0.39, 0.29) is 11.4 Å². The summed E-state index contributed by atoms with van der Waals surface area (Å²) >= 11 is 6.83. The van der Waals surface area contributed by atoms with Crippen LogP contribution in [0.5, 0.6) is 11.5 Å². The van der Waals surface area contributed by atoms with Crippen LogP contribution in [-0.4, -0.2) is 35.1 Å². The van der Waals surface area contributed by atoms with Crippen LogP contribution in [0.15, 0.2) is 77.7 Å². The van der Waals surface area contributed by atoms with Crippen molar-refractivity contribution in [3.8, 4) is 11.5 Å². The molecule has 9 heteroatoms. The molecule has 3 aromatic carbocycles. The highest BCUT2D eigenvalue weighted by Gasteiger charge is 2.36.